The van der Waals surface area contributed by atoms with Crippen molar-refractivity contribution in [1.82, 2.24) is 9.91 Å². The zero-order chi connectivity index (χ0) is 23.4. The van der Waals surface area contributed by atoms with Crippen molar-refractivity contribution in [3.05, 3.63) is 70.2 Å². The summed E-state index contributed by atoms with van der Waals surface area (Å²) in [6.07, 6.45) is 2.03. The third-order valence-corrected chi connectivity index (χ3v) is 6.73. The molecule has 7 heteroatoms. The first kappa shape index (κ1) is 23.5. The largest absolute Gasteiger partial charge is 0.466 e. The second kappa shape index (κ2) is 10.5. The minimum atomic E-state index is -0.237. The smallest absolute Gasteiger partial charge is 0.309 e. The van der Waals surface area contributed by atoms with Gasteiger partial charge in [-0.15, -0.1) is 0 Å². The van der Waals surface area contributed by atoms with Crippen LogP contribution in [0, 0.1) is 12.8 Å². The van der Waals surface area contributed by atoms with Crippen LogP contribution < -0.4 is 0 Å². The molecule has 0 aromatic heterocycles. The van der Waals surface area contributed by atoms with Crippen molar-refractivity contribution in [1.29, 1.82) is 0 Å². The Morgan fingerprint density at radius 1 is 1.09 bits per heavy atom. The van der Waals surface area contributed by atoms with Gasteiger partial charge in [0.1, 0.15) is 0 Å². The van der Waals surface area contributed by atoms with Crippen LogP contribution in [0.2, 0.25) is 5.02 Å². The van der Waals surface area contributed by atoms with Gasteiger partial charge in [0.25, 0.3) is 5.91 Å². The van der Waals surface area contributed by atoms with Gasteiger partial charge in [0.2, 0.25) is 0 Å². The van der Waals surface area contributed by atoms with Crippen LogP contribution in [-0.4, -0.2) is 53.7 Å². The van der Waals surface area contributed by atoms with Gasteiger partial charge in [-0.3, -0.25) is 14.5 Å². The maximum absolute atomic E-state index is 13.4. The number of amides is 1. The van der Waals surface area contributed by atoms with E-state index in [2.05, 4.69) is 17.0 Å². The Hall–Kier alpha value is -2.70. The molecule has 1 saturated heterocycles. The van der Waals surface area contributed by atoms with Crippen molar-refractivity contribution in [2.75, 3.05) is 26.2 Å². The molecule has 1 amide bonds. The van der Waals surface area contributed by atoms with E-state index in [-0.39, 0.29) is 30.4 Å². The number of piperidine rings is 1. The van der Waals surface area contributed by atoms with E-state index in [0.717, 1.165) is 16.8 Å². The highest BCUT2D eigenvalue weighted by Gasteiger charge is 2.35. The first-order chi connectivity index (χ1) is 16.0. The number of carbonyl (C=O) groups is 2. The highest BCUT2D eigenvalue weighted by molar-refractivity contribution is 6.31. The maximum atomic E-state index is 13.4. The summed E-state index contributed by atoms with van der Waals surface area (Å²) in [4.78, 5) is 27.5. The van der Waals surface area contributed by atoms with Gasteiger partial charge in [0.15, 0.2) is 0 Å². The number of aryl methyl sites for hydroxylation is 1. The molecule has 1 atom stereocenters. The van der Waals surface area contributed by atoms with Crippen molar-refractivity contribution in [3.63, 3.8) is 0 Å². The number of hydrogen-bond acceptors (Lipinski definition) is 5. The molecule has 1 fully saturated rings. The first-order valence-corrected chi connectivity index (χ1v) is 11.9. The summed E-state index contributed by atoms with van der Waals surface area (Å²) in [5.41, 5.74) is 3.98. The fourth-order valence-corrected chi connectivity index (χ4v) is 4.76. The second-order valence-corrected chi connectivity index (χ2v) is 9.10. The van der Waals surface area contributed by atoms with Gasteiger partial charge in [-0.1, -0.05) is 59.6 Å². The normalized spacial score (nSPS) is 19.4. The monoisotopic (exact) mass is 467 g/mol. The number of rotatable bonds is 6. The van der Waals surface area contributed by atoms with E-state index in [9.17, 15) is 9.59 Å². The van der Waals surface area contributed by atoms with Crippen LogP contribution in [0.5, 0.6) is 0 Å². The Balaban J connectivity index is 1.49. The van der Waals surface area contributed by atoms with Gasteiger partial charge in [-0.25, -0.2) is 5.01 Å². The fourth-order valence-electron chi connectivity index (χ4n) is 4.50. The molecule has 2 aliphatic rings. The van der Waals surface area contributed by atoms with E-state index in [4.69, 9.17) is 21.4 Å². The molecule has 2 aromatic rings. The van der Waals surface area contributed by atoms with E-state index >= 15 is 0 Å². The lowest BCUT2D eigenvalue weighted by molar-refractivity contribution is -0.149. The van der Waals surface area contributed by atoms with Crippen LogP contribution in [0.3, 0.4) is 0 Å². The van der Waals surface area contributed by atoms with Gasteiger partial charge < -0.3 is 4.74 Å². The van der Waals surface area contributed by atoms with Crippen LogP contribution >= 0.6 is 11.6 Å². The number of carbonyl (C=O) groups excluding carboxylic acids is 2. The van der Waals surface area contributed by atoms with Crippen LogP contribution in [0.25, 0.3) is 0 Å². The molecule has 4 rings (SSSR count). The highest BCUT2D eigenvalue weighted by Crippen LogP contribution is 2.36. The molecule has 2 aliphatic heterocycles. The summed E-state index contributed by atoms with van der Waals surface area (Å²) < 4.78 is 5.15. The first-order valence-electron chi connectivity index (χ1n) is 11.6. The molecule has 0 bridgehead atoms. The molecule has 6 nitrogen and oxygen atoms in total. The number of halogens is 1. The summed E-state index contributed by atoms with van der Waals surface area (Å²) in [5, 5.41) is 7.00. The quantitative estimate of drug-likeness (QED) is 0.582. The number of nitrogens with zero attached hydrogens (tertiary/aromatic N) is 3. The Morgan fingerprint density at radius 3 is 2.45 bits per heavy atom. The van der Waals surface area contributed by atoms with E-state index in [1.54, 1.807) is 5.01 Å². The average molecular weight is 468 g/mol. The van der Waals surface area contributed by atoms with Crippen molar-refractivity contribution in [3.8, 4) is 0 Å². The van der Waals surface area contributed by atoms with E-state index in [0.29, 0.717) is 44.0 Å². The second-order valence-electron chi connectivity index (χ2n) is 8.69. The van der Waals surface area contributed by atoms with Crippen molar-refractivity contribution in [2.45, 2.75) is 39.2 Å². The van der Waals surface area contributed by atoms with Crippen molar-refractivity contribution < 1.29 is 14.3 Å². The van der Waals surface area contributed by atoms with E-state index < -0.39 is 0 Å². The summed E-state index contributed by atoms with van der Waals surface area (Å²) in [7, 11) is 0. The van der Waals surface area contributed by atoms with E-state index in [1.807, 2.05) is 50.2 Å². The van der Waals surface area contributed by atoms with Crippen LogP contribution in [-0.2, 0) is 14.3 Å². The standard InChI is InChI=1S/C26H30ClN3O3/c1-3-33-26(32)20-12-14-29(15-13-20)17-25(31)30-24(21-6-4-5-7-22(21)27)16-23(28-30)19-10-8-18(2)9-11-19/h4-11,20,24H,3,12-17H2,1-2H3/t24-/m0/s1. The molecular weight excluding hydrogens is 438 g/mol. The van der Waals surface area contributed by atoms with Gasteiger partial charge in [-0.05, 0) is 57.0 Å². The molecule has 0 aliphatic carbocycles. The average Bonchev–Trinajstić information content (AvgIpc) is 3.26. The molecule has 0 N–H and O–H groups in total. The Morgan fingerprint density at radius 2 is 1.79 bits per heavy atom. The number of hydrazone groups is 1. The zero-order valence-electron chi connectivity index (χ0n) is 19.2. The van der Waals surface area contributed by atoms with Gasteiger partial charge >= 0.3 is 5.97 Å². The Labute approximate surface area is 200 Å². The lowest BCUT2D eigenvalue weighted by Crippen LogP contribution is -2.43. The van der Waals surface area contributed by atoms with Gasteiger partial charge in [-0.2, -0.15) is 5.10 Å². The molecular formula is C26H30ClN3O3. The zero-order valence-corrected chi connectivity index (χ0v) is 19.9. The van der Waals surface area contributed by atoms with E-state index in [1.165, 1.54) is 5.56 Å². The Bertz CT molecular complexity index is 1030. The molecule has 0 spiro atoms. The molecule has 0 unspecified atom stereocenters. The summed E-state index contributed by atoms with van der Waals surface area (Å²) in [6, 6.07) is 15.6. The summed E-state index contributed by atoms with van der Waals surface area (Å²) in [5.74, 6) is -0.268. The maximum Gasteiger partial charge on any atom is 0.309 e. The highest BCUT2D eigenvalue weighted by atomic mass is 35.5. The Kier molecular flexibility index (Phi) is 7.46. The van der Waals surface area contributed by atoms with Crippen LogP contribution in [0.15, 0.2) is 53.6 Å². The van der Waals surface area contributed by atoms with Gasteiger partial charge in [0, 0.05) is 11.4 Å². The lowest BCUT2D eigenvalue weighted by atomic mass is 9.96. The molecule has 2 aromatic carbocycles. The number of ether oxygens (including phenoxy) is 1. The third-order valence-electron chi connectivity index (χ3n) is 6.38. The number of hydrogen-bond donors (Lipinski definition) is 0. The fraction of sp³-hybridized carbons (Fsp3) is 0.423. The summed E-state index contributed by atoms with van der Waals surface area (Å²) >= 11 is 6.51. The van der Waals surface area contributed by atoms with Crippen LogP contribution in [0.1, 0.15) is 48.9 Å². The van der Waals surface area contributed by atoms with Gasteiger partial charge in [0.05, 0.1) is 30.8 Å². The lowest BCUT2D eigenvalue weighted by Gasteiger charge is -2.32. The SMILES string of the molecule is CCOC(=O)C1CCN(CC(=O)N2N=C(c3ccc(C)cc3)C[C@H]2c2ccccc2Cl)CC1. The third kappa shape index (κ3) is 5.45. The molecule has 0 saturated carbocycles. The number of benzene rings is 2. The predicted octanol–water partition coefficient (Wildman–Crippen LogP) is 4.60. The minimum absolute atomic E-state index is 0.0587. The topological polar surface area (TPSA) is 62.2 Å². The predicted molar refractivity (Wildman–Crippen MR) is 129 cm³/mol. The number of esters is 1. The van der Waals surface area contributed by atoms with Crippen LogP contribution in [0.4, 0.5) is 0 Å². The molecule has 174 valence electrons. The van der Waals surface area contributed by atoms with Crippen molar-refractivity contribution in [2.24, 2.45) is 11.0 Å². The molecule has 2 heterocycles. The molecule has 33 heavy (non-hydrogen) atoms. The number of likely N-dealkylation sites (tertiary alicyclic amines) is 1. The molecule has 0 radical (unpaired) electrons. The minimum Gasteiger partial charge on any atom is -0.466 e. The van der Waals surface area contributed by atoms with Crippen molar-refractivity contribution >= 4 is 29.2 Å². The summed E-state index contributed by atoms with van der Waals surface area (Å²) in [6.45, 7) is 5.91.